The number of nitrogens with two attached hydrogens (primary N) is 1. The molecule has 1 fully saturated rings. The van der Waals surface area contributed by atoms with Crippen LogP contribution in [0.1, 0.15) is 25.7 Å². The lowest BCUT2D eigenvalue weighted by Crippen LogP contribution is -2.42. The van der Waals surface area contributed by atoms with Crippen LogP contribution in [0.5, 0.6) is 0 Å². The number of sulfonamides is 1. The van der Waals surface area contributed by atoms with Crippen LogP contribution in [0.25, 0.3) is 0 Å². The summed E-state index contributed by atoms with van der Waals surface area (Å²) in [7, 11) is -2.52. The molecule has 0 amide bonds. The number of hydrogen-bond acceptors (Lipinski definition) is 3. The van der Waals surface area contributed by atoms with Gasteiger partial charge in [0.25, 0.3) is 0 Å². The third-order valence-corrected chi connectivity index (χ3v) is 5.75. The fraction of sp³-hybridized carbons (Fsp3) is 0.538. The van der Waals surface area contributed by atoms with E-state index in [0.717, 1.165) is 25.0 Å². The Morgan fingerprint density at radius 1 is 1.20 bits per heavy atom. The molecule has 1 aliphatic rings. The summed E-state index contributed by atoms with van der Waals surface area (Å²) in [5.41, 5.74) is 5.79. The van der Waals surface area contributed by atoms with E-state index in [1.807, 2.05) is 0 Å². The van der Waals surface area contributed by atoms with Crippen LogP contribution in [0.4, 0.5) is 8.78 Å². The predicted molar refractivity (Wildman–Crippen MR) is 71.5 cm³/mol. The maximum Gasteiger partial charge on any atom is 0.245 e. The van der Waals surface area contributed by atoms with Crippen LogP contribution in [0.15, 0.2) is 23.1 Å². The van der Waals surface area contributed by atoms with E-state index < -0.39 is 26.6 Å². The van der Waals surface area contributed by atoms with Crippen molar-refractivity contribution in [2.75, 3.05) is 7.05 Å². The number of nitrogens with zero attached hydrogens (tertiary/aromatic N) is 1. The first-order valence-electron chi connectivity index (χ1n) is 6.51. The molecule has 0 saturated heterocycles. The molecule has 0 heterocycles. The zero-order valence-corrected chi connectivity index (χ0v) is 12.0. The van der Waals surface area contributed by atoms with E-state index >= 15 is 0 Å². The molecule has 1 aromatic rings. The van der Waals surface area contributed by atoms with Gasteiger partial charge in [0, 0.05) is 25.2 Å². The van der Waals surface area contributed by atoms with Gasteiger partial charge in [0.2, 0.25) is 10.0 Å². The molecular formula is C13H18F2N2O2S. The lowest BCUT2D eigenvalue weighted by atomic mass is 9.92. The lowest BCUT2D eigenvalue weighted by Gasteiger charge is -2.32. The molecule has 4 nitrogen and oxygen atoms in total. The quantitative estimate of drug-likeness (QED) is 0.927. The Balaban J connectivity index is 2.25. The molecule has 1 aromatic carbocycles. The summed E-state index contributed by atoms with van der Waals surface area (Å²) < 4.78 is 52.5. The van der Waals surface area contributed by atoms with Crippen LogP contribution in [0.3, 0.4) is 0 Å². The molecule has 2 N–H and O–H groups in total. The molecule has 0 spiro atoms. The van der Waals surface area contributed by atoms with Crippen LogP contribution < -0.4 is 5.73 Å². The van der Waals surface area contributed by atoms with Crippen LogP contribution in [-0.4, -0.2) is 31.9 Å². The first kappa shape index (κ1) is 15.3. The molecule has 2 rings (SSSR count). The first-order chi connectivity index (χ1) is 9.32. The number of benzene rings is 1. The average molecular weight is 304 g/mol. The molecular weight excluding hydrogens is 286 g/mol. The summed E-state index contributed by atoms with van der Waals surface area (Å²) in [6.07, 6.45) is 2.80. The summed E-state index contributed by atoms with van der Waals surface area (Å²) in [6, 6.07) is 2.40. The van der Waals surface area contributed by atoms with Gasteiger partial charge in [-0.25, -0.2) is 17.2 Å². The highest BCUT2D eigenvalue weighted by Gasteiger charge is 2.32. The van der Waals surface area contributed by atoms with Crippen molar-refractivity contribution in [3.63, 3.8) is 0 Å². The van der Waals surface area contributed by atoms with Crippen molar-refractivity contribution < 1.29 is 17.2 Å². The van der Waals surface area contributed by atoms with Crippen LogP contribution in [0.2, 0.25) is 0 Å². The van der Waals surface area contributed by atoms with Crippen molar-refractivity contribution in [2.24, 2.45) is 5.73 Å². The van der Waals surface area contributed by atoms with Gasteiger partial charge in [0.1, 0.15) is 16.5 Å². The third kappa shape index (κ3) is 2.99. The summed E-state index contributed by atoms with van der Waals surface area (Å²) in [5.74, 6) is -1.86. The van der Waals surface area contributed by atoms with Crippen molar-refractivity contribution in [1.29, 1.82) is 0 Å². The van der Waals surface area contributed by atoms with Gasteiger partial charge in [-0.15, -0.1) is 0 Å². The van der Waals surface area contributed by atoms with E-state index in [0.29, 0.717) is 18.9 Å². The molecule has 1 saturated carbocycles. The fourth-order valence-corrected chi connectivity index (χ4v) is 3.96. The Kier molecular flexibility index (Phi) is 4.41. The monoisotopic (exact) mass is 304 g/mol. The zero-order valence-electron chi connectivity index (χ0n) is 11.2. The van der Waals surface area contributed by atoms with E-state index in [2.05, 4.69) is 0 Å². The number of halogens is 2. The minimum Gasteiger partial charge on any atom is -0.328 e. The van der Waals surface area contributed by atoms with Gasteiger partial charge in [-0.3, -0.25) is 0 Å². The molecule has 0 unspecified atom stereocenters. The molecule has 1 aliphatic carbocycles. The SMILES string of the molecule is CN(C1CCC(N)CC1)S(=O)(=O)c1ccc(F)cc1F. The lowest BCUT2D eigenvalue weighted by molar-refractivity contribution is 0.268. The molecule has 0 bridgehead atoms. The van der Waals surface area contributed by atoms with Gasteiger partial charge in [-0.05, 0) is 37.8 Å². The van der Waals surface area contributed by atoms with Crippen LogP contribution in [-0.2, 0) is 10.0 Å². The van der Waals surface area contributed by atoms with Crippen molar-refractivity contribution in [3.8, 4) is 0 Å². The first-order valence-corrected chi connectivity index (χ1v) is 7.95. The molecule has 112 valence electrons. The zero-order chi connectivity index (χ0) is 14.9. The highest BCUT2D eigenvalue weighted by atomic mass is 32.2. The van der Waals surface area contributed by atoms with Gasteiger partial charge < -0.3 is 5.73 Å². The molecule has 0 aliphatic heterocycles. The fourth-order valence-electron chi connectivity index (χ4n) is 2.50. The Bertz CT molecular complexity index is 584. The van der Waals surface area contributed by atoms with Crippen molar-refractivity contribution >= 4 is 10.0 Å². The summed E-state index contributed by atoms with van der Waals surface area (Å²) in [4.78, 5) is -0.490. The van der Waals surface area contributed by atoms with E-state index in [1.54, 1.807) is 0 Å². The Morgan fingerprint density at radius 3 is 2.35 bits per heavy atom. The average Bonchev–Trinajstić information content (AvgIpc) is 2.38. The summed E-state index contributed by atoms with van der Waals surface area (Å²) in [6.45, 7) is 0. The maximum absolute atomic E-state index is 13.7. The minimum absolute atomic E-state index is 0.102. The predicted octanol–water partition coefficient (Wildman–Crippen LogP) is 1.86. The molecule has 20 heavy (non-hydrogen) atoms. The van der Waals surface area contributed by atoms with Crippen LogP contribution >= 0.6 is 0 Å². The summed E-state index contributed by atoms with van der Waals surface area (Å²) >= 11 is 0. The number of rotatable bonds is 3. The second-order valence-electron chi connectivity index (χ2n) is 5.16. The molecule has 7 heteroatoms. The Hall–Kier alpha value is -1.05. The topological polar surface area (TPSA) is 63.4 Å². The normalized spacial score (nSPS) is 24.1. The van der Waals surface area contributed by atoms with Gasteiger partial charge in [-0.2, -0.15) is 4.31 Å². The smallest absolute Gasteiger partial charge is 0.245 e. The van der Waals surface area contributed by atoms with Crippen LogP contribution in [0, 0.1) is 11.6 Å². The van der Waals surface area contributed by atoms with Gasteiger partial charge in [-0.1, -0.05) is 0 Å². The Labute approximate surface area is 117 Å². The highest BCUT2D eigenvalue weighted by Crippen LogP contribution is 2.27. The Morgan fingerprint density at radius 2 is 1.80 bits per heavy atom. The third-order valence-electron chi connectivity index (χ3n) is 3.81. The van der Waals surface area contributed by atoms with Crippen molar-refractivity contribution in [2.45, 2.75) is 42.7 Å². The van der Waals surface area contributed by atoms with E-state index in [9.17, 15) is 17.2 Å². The second kappa shape index (κ2) is 5.75. The highest BCUT2D eigenvalue weighted by molar-refractivity contribution is 7.89. The molecule has 0 aromatic heterocycles. The minimum atomic E-state index is -3.95. The number of hydrogen-bond donors (Lipinski definition) is 1. The molecule has 0 radical (unpaired) electrons. The maximum atomic E-state index is 13.7. The van der Waals surface area contributed by atoms with Crippen molar-refractivity contribution in [3.05, 3.63) is 29.8 Å². The molecule has 0 atom stereocenters. The second-order valence-corrected chi connectivity index (χ2v) is 7.13. The van der Waals surface area contributed by atoms with E-state index in [-0.39, 0.29) is 12.1 Å². The van der Waals surface area contributed by atoms with Gasteiger partial charge in [0.05, 0.1) is 0 Å². The largest absolute Gasteiger partial charge is 0.328 e. The van der Waals surface area contributed by atoms with Gasteiger partial charge in [0.15, 0.2) is 0 Å². The van der Waals surface area contributed by atoms with Gasteiger partial charge >= 0.3 is 0 Å². The van der Waals surface area contributed by atoms with Crippen molar-refractivity contribution in [1.82, 2.24) is 4.31 Å². The standard InChI is InChI=1S/C13H18F2N2O2S/c1-17(11-5-3-10(16)4-6-11)20(18,19)13-7-2-9(14)8-12(13)15/h2,7-8,10-11H,3-6,16H2,1H3. The van der Waals surface area contributed by atoms with E-state index in [4.69, 9.17) is 5.73 Å². The summed E-state index contributed by atoms with van der Waals surface area (Å²) in [5, 5.41) is 0. The van der Waals surface area contributed by atoms with E-state index in [1.165, 1.54) is 11.4 Å².